The fraction of sp³-hybridized carbons (Fsp3) is 0.115. The van der Waals surface area contributed by atoms with Gasteiger partial charge in [0, 0.05) is 6.54 Å². The molecule has 0 radical (unpaired) electrons. The Kier molecular flexibility index (Phi) is 6.60. The quantitative estimate of drug-likeness (QED) is 0.321. The summed E-state index contributed by atoms with van der Waals surface area (Å²) in [5.41, 5.74) is 3.05. The Morgan fingerprint density at radius 2 is 1.71 bits per heavy atom. The van der Waals surface area contributed by atoms with E-state index in [0.29, 0.717) is 18.1 Å². The van der Waals surface area contributed by atoms with Crippen LogP contribution in [0.25, 0.3) is 16.3 Å². The lowest BCUT2D eigenvalue weighted by Crippen LogP contribution is -2.27. The Hall–Kier alpha value is -3.62. The molecule has 4 aromatic rings. The molecule has 3 aromatic carbocycles. The van der Waals surface area contributed by atoms with Gasteiger partial charge in [-0.25, -0.2) is 4.98 Å². The number of carbonyl (C=O) groups is 2. The third-order valence-corrected chi connectivity index (χ3v) is 7.13. The number of imide groups is 1. The number of thiazole rings is 1. The van der Waals surface area contributed by atoms with Crippen molar-refractivity contribution in [1.82, 2.24) is 10.3 Å². The van der Waals surface area contributed by atoms with Crippen LogP contribution in [-0.4, -0.2) is 29.3 Å². The Morgan fingerprint density at radius 1 is 0.941 bits per heavy atom. The highest BCUT2D eigenvalue weighted by Gasteiger charge is 2.24. The number of carbonyl (C=O) groups excluding carboxylic acids is 2. The average molecular weight is 488 g/mol. The van der Waals surface area contributed by atoms with E-state index < -0.39 is 0 Å². The second-order valence-corrected chi connectivity index (χ2v) is 9.66. The van der Waals surface area contributed by atoms with E-state index in [0.717, 1.165) is 45.0 Å². The maximum atomic E-state index is 11.7. The van der Waals surface area contributed by atoms with E-state index >= 15 is 0 Å². The van der Waals surface area contributed by atoms with Gasteiger partial charge in [-0.05, 0) is 53.2 Å². The van der Waals surface area contributed by atoms with Crippen LogP contribution in [0.15, 0.2) is 83.8 Å². The Labute approximate surface area is 205 Å². The summed E-state index contributed by atoms with van der Waals surface area (Å²) < 4.78 is 7.17. The smallest absolute Gasteiger partial charge is 0.290 e. The lowest BCUT2D eigenvalue weighted by atomic mass is 10.2. The van der Waals surface area contributed by atoms with Gasteiger partial charge in [-0.2, -0.15) is 0 Å². The molecular weight excluding hydrogens is 466 g/mol. The van der Waals surface area contributed by atoms with E-state index in [1.165, 1.54) is 5.56 Å². The van der Waals surface area contributed by atoms with Crippen molar-refractivity contribution in [3.63, 3.8) is 0 Å². The molecule has 2 heterocycles. The van der Waals surface area contributed by atoms with Crippen molar-refractivity contribution in [3.8, 4) is 5.75 Å². The largest absolute Gasteiger partial charge is 0.492 e. The lowest BCUT2D eigenvalue weighted by molar-refractivity contribution is -0.115. The van der Waals surface area contributed by atoms with Crippen molar-refractivity contribution in [2.24, 2.45) is 0 Å². The molecule has 34 heavy (non-hydrogen) atoms. The minimum Gasteiger partial charge on any atom is -0.492 e. The van der Waals surface area contributed by atoms with Crippen molar-refractivity contribution in [2.45, 2.75) is 6.54 Å². The third kappa shape index (κ3) is 5.30. The maximum absolute atomic E-state index is 11.7. The Morgan fingerprint density at radius 3 is 2.44 bits per heavy atom. The fourth-order valence-electron chi connectivity index (χ4n) is 3.55. The van der Waals surface area contributed by atoms with Gasteiger partial charge in [0.25, 0.3) is 11.1 Å². The second-order valence-electron chi connectivity index (χ2n) is 7.64. The molecule has 1 fully saturated rings. The summed E-state index contributed by atoms with van der Waals surface area (Å²) in [4.78, 5) is 30.5. The molecular formula is C26H21N3O3S2. The summed E-state index contributed by atoms with van der Waals surface area (Å²) in [5, 5.41) is 2.89. The molecule has 170 valence electrons. The summed E-state index contributed by atoms with van der Waals surface area (Å²) in [6.45, 7) is 1.92. The van der Waals surface area contributed by atoms with Crippen LogP contribution in [0.3, 0.4) is 0 Å². The minimum absolute atomic E-state index is 0.343. The molecule has 2 amide bonds. The Balaban J connectivity index is 1.25. The number of nitrogens with one attached hydrogen (secondary N) is 1. The first-order valence-electron chi connectivity index (χ1n) is 10.8. The first-order valence-corrected chi connectivity index (χ1v) is 12.4. The van der Waals surface area contributed by atoms with E-state index in [9.17, 15) is 9.59 Å². The molecule has 1 aliphatic rings. The van der Waals surface area contributed by atoms with Crippen LogP contribution in [0.4, 0.5) is 9.93 Å². The van der Waals surface area contributed by atoms with Crippen LogP contribution >= 0.6 is 23.1 Å². The lowest BCUT2D eigenvalue weighted by Gasteiger charge is -2.22. The van der Waals surface area contributed by atoms with E-state index in [1.54, 1.807) is 17.4 Å². The van der Waals surface area contributed by atoms with Gasteiger partial charge in [-0.1, -0.05) is 65.9 Å². The molecule has 0 bridgehead atoms. The van der Waals surface area contributed by atoms with Gasteiger partial charge < -0.3 is 9.64 Å². The highest BCUT2D eigenvalue weighted by molar-refractivity contribution is 8.18. The van der Waals surface area contributed by atoms with E-state index in [-0.39, 0.29) is 11.1 Å². The maximum Gasteiger partial charge on any atom is 0.290 e. The molecule has 1 aromatic heterocycles. The number of para-hydroxylation sites is 1. The fourth-order valence-corrected chi connectivity index (χ4v) is 5.22. The van der Waals surface area contributed by atoms with Crippen molar-refractivity contribution in [3.05, 3.63) is 94.9 Å². The number of thioether (sulfide) groups is 1. The summed E-state index contributed by atoms with van der Waals surface area (Å²) >= 11 is 2.59. The van der Waals surface area contributed by atoms with Gasteiger partial charge in [0.1, 0.15) is 12.4 Å². The molecule has 1 N–H and O–H groups in total. The van der Waals surface area contributed by atoms with Crippen LogP contribution in [0.2, 0.25) is 0 Å². The van der Waals surface area contributed by atoms with E-state index in [1.807, 2.05) is 60.7 Å². The van der Waals surface area contributed by atoms with Crippen LogP contribution in [0.5, 0.6) is 5.75 Å². The predicted molar refractivity (Wildman–Crippen MR) is 138 cm³/mol. The van der Waals surface area contributed by atoms with Crippen molar-refractivity contribution >= 4 is 55.7 Å². The number of nitrogens with zero attached hydrogens (tertiary/aromatic N) is 2. The van der Waals surface area contributed by atoms with Gasteiger partial charge >= 0.3 is 0 Å². The van der Waals surface area contributed by atoms with Gasteiger partial charge in [-0.15, -0.1) is 0 Å². The highest BCUT2D eigenvalue weighted by atomic mass is 32.2. The summed E-state index contributed by atoms with van der Waals surface area (Å²) in [7, 11) is 0. The Bertz CT molecular complexity index is 1320. The molecule has 1 saturated heterocycles. The molecule has 1 aliphatic heterocycles. The zero-order chi connectivity index (χ0) is 23.3. The van der Waals surface area contributed by atoms with E-state index in [4.69, 9.17) is 9.72 Å². The molecule has 6 nitrogen and oxygen atoms in total. The first-order chi connectivity index (χ1) is 16.6. The average Bonchev–Trinajstić information content (AvgIpc) is 3.42. The summed E-state index contributed by atoms with van der Waals surface area (Å²) in [6.07, 6.45) is 1.70. The van der Waals surface area contributed by atoms with Gasteiger partial charge in [-0.3, -0.25) is 14.9 Å². The summed E-state index contributed by atoms with van der Waals surface area (Å²) in [5.74, 6) is 0.384. The molecule has 0 unspecified atom stereocenters. The van der Waals surface area contributed by atoms with Gasteiger partial charge in [0.15, 0.2) is 5.13 Å². The molecule has 0 atom stereocenters. The third-order valence-electron chi connectivity index (χ3n) is 5.22. The molecule has 0 saturated carbocycles. The van der Waals surface area contributed by atoms with Crippen molar-refractivity contribution in [1.29, 1.82) is 0 Å². The zero-order valence-electron chi connectivity index (χ0n) is 18.1. The molecule has 0 aliphatic carbocycles. The van der Waals surface area contributed by atoms with Crippen LogP contribution in [0, 0.1) is 0 Å². The normalized spacial score (nSPS) is 14.5. The van der Waals surface area contributed by atoms with Crippen molar-refractivity contribution in [2.75, 3.05) is 18.1 Å². The number of ether oxygens (including phenoxy) is 1. The number of hydrogen-bond donors (Lipinski definition) is 1. The zero-order valence-corrected chi connectivity index (χ0v) is 19.8. The molecule has 0 spiro atoms. The SMILES string of the molecule is O=C1NC(=O)C(=Cc2ccc(OCCN(Cc3ccccc3)c3nc4ccccc4s3)cc2)S1. The number of rotatable bonds is 8. The van der Waals surface area contributed by atoms with E-state index in [2.05, 4.69) is 28.4 Å². The number of anilines is 1. The number of benzene rings is 3. The van der Waals surface area contributed by atoms with Crippen LogP contribution in [-0.2, 0) is 11.3 Å². The topological polar surface area (TPSA) is 71.5 Å². The second kappa shape index (κ2) is 10.1. The van der Waals surface area contributed by atoms with Crippen LogP contribution < -0.4 is 15.0 Å². The van der Waals surface area contributed by atoms with Gasteiger partial charge in [0.05, 0.1) is 21.7 Å². The standard InChI is InChI=1S/C26H21N3O3S2/c30-24-23(34-26(31)28-24)16-18-10-12-20(13-11-18)32-15-14-29(17-19-6-2-1-3-7-19)25-27-21-8-4-5-9-22(21)33-25/h1-13,16H,14-15,17H2,(H,28,30,31). The number of aromatic nitrogens is 1. The number of fused-ring (bicyclic) bond motifs is 1. The summed E-state index contributed by atoms with van der Waals surface area (Å²) in [6, 6.07) is 26.0. The highest BCUT2D eigenvalue weighted by Crippen LogP contribution is 2.30. The molecule has 5 rings (SSSR count). The molecule has 8 heteroatoms. The first kappa shape index (κ1) is 22.2. The minimum atomic E-state index is -0.358. The monoisotopic (exact) mass is 487 g/mol. The van der Waals surface area contributed by atoms with Crippen molar-refractivity contribution < 1.29 is 14.3 Å². The van der Waals surface area contributed by atoms with Gasteiger partial charge in [0.2, 0.25) is 0 Å². The predicted octanol–water partition coefficient (Wildman–Crippen LogP) is 5.71. The number of amides is 2. The van der Waals surface area contributed by atoms with Crippen LogP contribution in [0.1, 0.15) is 11.1 Å². The number of hydrogen-bond acceptors (Lipinski definition) is 7.